The normalized spacial score (nSPS) is 9.38. The van der Waals surface area contributed by atoms with Gasteiger partial charge in [-0.3, -0.25) is 0 Å². The lowest BCUT2D eigenvalue weighted by Crippen LogP contribution is -2.09. The zero-order valence-corrected chi connectivity index (χ0v) is 9.14. The quantitative estimate of drug-likeness (QED) is 0.688. The highest BCUT2D eigenvalue weighted by Crippen LogP contribution is 2.28. The number of para-hydroxylation sites is 1. The van der Waals surface area contributed by atoms with Crippen molar-refractivity contribution in [3.63, 3.8) is 0 Å². The van der Waals surface area contributed by atoms with Crippen molar-refractivity contribution in [3.05, 3.63) is 54.6 Å². The summed E-state index contributed by atoms with van der Waals surface area (Å²) in [5.74, 6) is 0. The summed E-state index contributed by atoms with van der Waals surface area (Å²) in [7, 11) is 4.14. The Labute approximate surface area is 99.3 Å². The SMILES string of the molecule is B.CN(C)c1ccccc1-c1ccccc1. The minimum Gasteiger partial charge on any atom is -0.377 e. The van der Waals surface area contributed by atoms with E-state index in [9.17, 15) is 0 Å². The zero-order valence-electron chi connectivity index (χ0n) is 9.14. The van der Waals surface area contributed by atoms with Crippen molar-refractivity contribution in [2.24, 2.45) is 0 Å². The molecule has 0 unspecified atom stereocenters. The molecule has 0 saturated heterocycles. The molecule has 0 aromatic heterocycles. The van der Waals surface area contributed by atoms with E-state index in [0.29, 0.717) is 0 Å². The van der Waals surface area contributed by atoms with Crippen molar-refractivity contribution < 1.29 is 0 Å². The lowest BCUT2D eigenvalue weighted by atomic mass is 10.0. The summed E-state index contributed by atoms with van der Waals surface area (Å²) >= 11 is 0. The van der Waals surface area contributed by atoms with Crippen LogP contribution in [0.1, 0.15) is 0 Å². The molecule has 0 heterocycles. The Morgan fingerprint density at radius 3 is 1.94 bits per heavy atom. The van der Waals surface area contributed by atoms with Crippen LogP contribution in [0.15, 0.2) is 54.6 Å². The molecule has 0 atom stereocenters. The third-order valence-electron chi connectivity index (χ3n) is 2.47. The van der Waals surface area contributed by atoms with Crippen LogP contribution >= 0.6 is 0 Å². The topological polar surface area (TPSA) is 3.24 Å². The average Bonchev–Trinajstić information content (AvgIpc) is 2.30. The molecule has 0 fully saturated rings. The summed E-state index contributed by atoms with van der Waals surface area (Å²) in [5, 5.41) is 0. The summed E-state index contributed by atoms with van der Waals surface area (Å²) in [4.78, 5) is 2.14. The molecule has 0 aliphatic carbocycles. The first-order chi connectivity index (χ1) is 7.29. The second-order valence-corrected chi connectivity index (χ2v) is 3.78. The van der Waals surface area contributed by atoms with Crippen LogP contribution in [0.4, 0.5) is 5.69 Å². The van der Waals surface area contributed by atoms with Gasteiger partial charge in [0.25, 0.3) is 0 Å². The van der Waals surface area contributed by atoms with Crippen LogP contribution in [0.5, 0.6) is 0 Å². The van der Waals surface area contributed by atoms with Crippen molar-refractivity contribution in [3.8, 4) is 11.1 Å². The van der Waals surface area contributed by atoms with Gasteiger partial charge < -0.3 is 4.90 Å². The third kappa shape index (κ3) is 2.46. The van der Waals surface area contributed by atoms with E-state index in [-0.39, 0.29) is 8.41 Å². The molecule has 2 heteroatoms. The van der Waals surface area contributed by atoms with Gasteiger partial charge in [-0.1, -0.05) is 48.5 Å². The maximum absolute atomic E-state index is 2.16. The Morgan fingerprint density at radius 1 is 0.750 bits per heavy atom. The molecule has 0 spiro atoms. The molecular formula is C14H18BN. The number of benzene rings is 2. The van der Waals surface area contributed by atoms with Gasteiger partial charge in [0.15, 0.2) is 0 Å². The Morgan fingerprint density at radius 2 is 1.31 bits per heavy atom. The highest BCUT2D eigenvalue weighted by molar-refractivity contribution is 5.78. The fraction of sp³-hybridized carbons (Fsp3) is 0.143. The largest absolute Gasteiger partial charge is 0.377 e. The van der Waals surface area contributed by atoms with Crippen molar-refractivity contribution in [1.82, 2.24) is 0 Å². The van der Waals surface area contributed by atoms with E-state index < -0.39 is 0 Å². The van der Waals surface area contributed by atoms with Crippen LogP contribution in [-0.4, -0.2) is 22.5 Å². The molecule has 2 rings (SSSR count). The van der Waals surface area contributed by atoms with E-state index in [0.717, 1.165) is 0 Å². The smallest absolute Gasteiger partial charge is 0.0814 e. The standard InChI is InChI=1S/C14H15N.BH3/c1-15(2)14-11-7-6-10-13(14)12-8-4-3-5-9-12;/h3-11H,1-2H3;1H3. The molecule has 0 aliphatic rings. The van der Waals surface area contributed by atoms with Crippen LogP contribution in [0.25, 0.3) is 11.1 Å². The van der Waals surface area contributed by atoms with Crippen LogP contribution in [-0.2, 0) is 0 Å². The lowest BCUT2D eigenvalue weighted by molar-refractivity contribution is 1.13. The van der Waals surface area contributed by atoms with Crippen molar-refractivity contribution in [2.75, 3.05) is 19.0 Å². The van der Waals surface area contributed by atoms with Crippen LogP contribution < -0.4 is 4.90 Å². The monoisotopic (exact) mass is 211 g/mol. The van der Waals surface area contributed by atoms with Gasteiger partial charge in [-0.15, -0.1) is 0 Å². The molecule has 0 saturated carbocycles. The Bertz CT molecular complexity index is 437. The lowest BCUT2D eigenvalue weighted by Gasteiger charge is -2.17. The van der Waals surface area contributed by atoms with E-state index in [1.54, 1.807) is 0 Å². The maximum atomic E-state index is 2.16. The number of hydrogen-bond donors (Lipinski definition) is 0. The number of rotatable bonds is 2. The van der Waals surface area contributed by atoms with E-state index in [1.165, 1.54) is 16.8 Å². The Balaban J connectivity index is 0.00000128. The molecular weight excluding hydrogens is 193 g/mol. The fourth-order valence-electron chi connectivity index (χ4n) is 1.73. The molecule has 0 bridgehead atoms. The molecule has 16 heavy (non-hydrogen) atoms. The van der Waals surface area contributed by atoms with Gasteiger partial charge in [0.1, 0.15) is 0 Å². The fourth-order valence-corrected chi connectivity index (χ4v) is 1.73. The van der Waals surface area contributed by atoms with Gasteiger partial charge in [-0.2, -0.15) is 0 Å². The molecule has 2 aromatic rings. The summed E-state index contributed by atoms with van der Waals surface area (Å²) in [6.45, 7) is 0. The van der Waals surface area contributed by atoms with Crippen LogP contribution in [0, 0.1) is 0 Å². The average molecular weight is 211 g/mol. The number of nitrogens with zero attached hydrogens (tertiary/aromatic N) is 1. The summed E-state index contributed by atoms with van der Waals surface area (Å²) in [6, 6.07) is 18.9. The van der Waals surface area contributed by atoms with Gasteiger partial charge in [0.2, 0.25) is 0 Å². The van der Waals surface area contributed by atoms with Crippen molar-refractivity contribution >= 4 is 14.1 Å². The summed E-state index contributed by atoms with van der Waals surface area (Å²) in [5.41, 5.74) is 3.80. The van der Waals surface area contributed by atoms with Gasteiger partial charge >= 0.3 is 0 Å². The zero-order chi connectivity index (χ0) is 10.7. The highest BCUT2D eigenvalue weighted by atomic mass is 15.1. The van der Waals surface area contributed by atoms with Crippen molar-refractivity contribution in [1.29, 1.82) is 0 Å². The third-order valence-corrected chi connectivity index (χ3v) is 2.47. The molecule has 0 aliphatic heterocycles. The van der Waals surface area contributed by atoms with Gasteiger partial charge in [-0.25, -0.2) is 0 Å². The first-order valence-corrected chi connectivity index (χ1v) is 5.11. The first-order valence-electron chi connectivity index (χ1n) is 5.11. The molecule has 2 aromatic carbocycles. The second-order valence-electron chi connectivity index (χ2n) is 3.78. The van der Waals surface area contributed by atoms with Crippen molar-refractivity contribution in [2.45, 2.75) is 0 Å². The van der Waals surface area contributed by atoms with E-state index in [2.05, 4.69) is 67.5 Å². The molecule has 0 radical (unpaired) electrons. The molecule has 82 valence electrons. The maximum Gasteiger partial charge on any atom is 0.0814 e. The van der Waals surface area contributed by atoms with Gasteiger partial charge in [0, 0.05) is 25.3 Å². The van der Waals surface area contributed by atoms with E-state index in [1.807, 2.05) is 6.07 Å². The molecule has 0 N–H and O–H groups in total. The van der Waals surface area contributed by atoms with E-state index in [4.69, 9.17) is 0 Å². The Kier molecular flexibility index (Phi) is 4.18. The highest BCUT2D eigenvalue weighted by Gasteiger charge is 2.04. The van der Waals surface area contributed by atoms with Crippen LogP contribution in [0.2, 0.25) is 0 Å². The minimum absolute atomic E-state index is 0. The van der Waals surface area contributed by atoms with Gasteiger partial charge in [-0.05, 0) is 11.6 Å². The number of hydrogen-bond acceptors (Lipinski definition) is 1. The van der Waals surface area contributed by atoms with Gasteiger partial charge in [0.05, 0.1) is 8.41 Å². The summed E-state index contributed by atoms with van der Waals surface area (Å²) in [6.07, 6.45) is 0. The second kappa shape index (κ2) is 5.41. The number of anilines is 1. The molecule has 1 nitrogen and oxygen atoms in total. The van der Waals surface area contributed by atoms with E-state index >= 15 is 0 Å². The Hall–Kier alpha value is -1.70. The predicted octanol–water partition coefficient (Wildman–Crippen LogP) is 2.24. The van der Waals surface area contributed by atoms with Crippen LogP contribution in [0.3, 0.4) is 0 Å². The predicted molar refractivity (Wildman–Crippen MR) is 76.1 cm³/mol. The summed E-state index contributed by atoms with van der Waals surface area (Å²) < 4.78 is 0. The minimum atomic E-state index is 0. The first kappa shape index (κ1) is 12.4. The molecule has 0 amide bonds.